The summed E-state index contributed by atoms with van der Waals surface area (Å²) in [4.78, 5) is 5.91. The maximum atomic E-state index is 6.40. The molecule has 0 spiro atoms. The Balaban J connectivity index is 1.51. The number of aromatic nitrogens is 1. The van der Waals surface area contributed by atoms with Gasteiger partial charge in [0.2, 0.25) is 0 Å². The second kappa shape index (κ2) is 9.38. The Bertz CT molecular complexity index is 1270. The molecule has 0 bridgehead atoms. The molecule has 0 saturated heterocycles. The number of methoxy groups -OCH3 is 2. The fourth-order valence-electron chi connectivity index (χ4n) is 4.81. The van der Waals surface area contributed by atoms with Gasteiger partial charge in [0.05, 0.1) is 31.6 Å². The van der Waals surface area contributed by atoms with Crippen molar-refractivity contribution in [2.24, 2.45) is 0 Å². The number of para-hydroxylation sites is 2. The lowest BCUT2D eigenvalue weighted by molar-refractivity contribution is 0.196. The quantitative estimate of drug-likeness (QED) is 0.351. The first-order valence-electron chi connectivity index (χ1n) is 11.2. The van der Waals surface area contributed by atoms with Crippen LogP contribution in [0.25, 0.3) is 10.9 Å². The third-order valence-electron chi connectivity index (χ3n) is 6.55. The Morgan fingerprint density at radius 1 is 1.03 bits per heavy atom. The van der Waals surface area contributed by atoms with Gasteiger partial charge in [0, 0.05) is 29.7 Å². The van der Waals surface area contributed by atoms with Crippen LogP contribution in [0, 0.1) is 0 Å². The molecule has 1 aromatic heterocycles. The highest BCUT2D eigenvalue weighted by molar-refractivity contribution is 6.33. The summed E-state index contributed by atoms with van der Waals surface area (Å²) >= 11 is 6.40. The lowest BCUT2D eigenvalue weighted by Crippen LogP contribution is -2.39. The number of fused-ring (bicyclic) bond motifs is 2. The Hall–Kier alpha value is -3.15. The zero-order valence-electron chi connectivity index (χ0n) is 18.9. The van der Waals surface area contributed by atoms with Crippen LogP contribution >= 0.6 is 11.6 Å². The maximum absolute atomic E-state index is 6.40. The summed E-state index contributed by atoms with van der Waals surface area (Å²) in [6.07, 6.45) is 3.97. The van der Waals surface area contributed by atoms with Crippen molar-refractivity contribution in [3.63, 3.8) is 0 Å². The minimum absolute atomic E-state index is 0.183. The normalized spacial score (nSPS) is 15.9. The smallest absolute Gasteiger partial charge is 0.161 e. The number of ether oxygens (including phenoxy) is 2. The number of nitrogens with one attached hydrogen (secondary N) is 2. The van der Waals surface area contributed by atoms with E-state index in [2.05, 4.69) is 57.8 Å². The lowest BCUT2D eigenvalue weighted by atomic mass is 9.88. The average Bonchev–Trinajstić information content (AvgIpc) is 3.26. The van der Waals surface area contributed by atoms with Crippen LogP contribution in [0.4, 0.5) is 5.69 Å². The van der Waals surface area contributed by atoms with E-state index in [9.17, 15) is 0 Å². The number of hydrogen-bond acceptors (Lipinski definition) is 4. The Kier molecular flexibility index (Phi) is 6.16. The van der Waals surface area contributed by atoms with Crippen molar-refractivity contribution in [3.8, 4) is 11.5 Å². The summed E-state index contributed by atoms with van der Waals surface area (Å²) in [5, 5.41) is 5.54. The zero-order valence-corrected chi connectivity index (χ0v) is 19.7. The van der Waals surface area contributed by atoms with Crippen molar-refractivity contribution >= 4 is 28.2 Å². The molecule has 5 nitrogen and oxygen atoms in total. The Morgan fingerprint density at radius 2 is 1.79 bits per heavy atom. The number of aromatic amines is 1. The van der Waals surface area contributed by atoms with Gasteiger partial charge in [0.1, 0.15) is 0 Å². The minimum Gasteiger partial charge on any atom is -0.493 e. The molecule has 2 N–H and O–H groups in total. The molecule has 0 radical (unpaired) electrons. The summed E-state index contributed by atoms with van der Waals surface area (Å²) < 4.78 is 11.2. The molecule has 0 saturated carbocycles. The molecule has 0 aliphatic carbocycles. The predicted molar refractivity (Wildman–Crippen MR) is 135 cm³/mol. The maximum Gasteiger partial charge on any atom is 0.161 e. The van der Waals surface area contributed by atoms with Gasteiger partial charge in [-0.25, -0.2) is 0 Å². The summed E-state index contributed by atoms with van der Waals surface area (Å²) in [5.74, 6) is 1.55. The van der Waals surface area contributed by atoms with Crippen LogP contribution in [-0.4, -0.2) is 37.3 Å². The highest BCUT2D eigenvalue weighted by Crippen LogP contribution is 2.40. The molecule has 33 heavy (non-hydrogen) atoms. The largest absolute Gasteiger partial charge is 0.493 e. The SMILES string of the molecule is COc1cc2c(cc1OC)[C@@H](Cc1c[nH]c3ccccc13)N(CNc1ccccc1Cl)CC2. The van der Waals surface area contributed by atoms with E-state index in [1.54, 1.807) is 14.2 Å². The number of hydrogen-bond donors (Lipinski definition) is 2. The molecular formula is C27H28ClN3O2. The lowest BCUT2D eigenvalue weighted by Gasteiger charge is -2.38. The summed E-state index contributed by atoms with van der Waals surface area (Å²) in [6, 6.07) is 20.8. The number of H-pyrrole nitrogens is 1. The van der Waals surface area contributed by atoms with Gasteiger partial charge in [-0.2, -0.15) is 0 Å². The average molecular weight is 462 g/mol. The van der Waals surface area contributed by atoms with E-state index in [4.69, 9.17) is 21.1 Å². The van der Waals surface area contributed by atoms with Gasteiger partial charge >= 0.3 is 0 Å². The van der Waals surface area contributed by atoms with Crippen LogP contribution in [0.1, 0.15) is 22.7 Å². The molecule has 5 rings (SSSR count). The van der Waals surface area contributed by atoms with Crippen LogP contribution in [0.15, 0.2) is 66.9 Å². The van der Waals surface area contributed by atoms with Gasteiger partial charge < -0.3 is 19.8 Å². The van der Waals surface area contributed by atoms with Crippen molar-refractivity contribution in [2.75, 3.05) is 32.7 Å². The van der Waals surface area contributed by atoms with E-state index in [-0.39, 0.29) is 6.04 Å². The van der Waals surface area contributed by atoms with E-state index < -0.39 is 0 Å². The van der Waals surface area contributed by atoms with Crippen LogP contribution < -0.4 is 14.8 Å². The Morgan fingerprint density at radius 3 is 2.61 bits per heavy atom. The molecule has 1 aliphatic rings. The molecule has 0 fully saturated rings. The third kappa shape index (κ3) is 4.26. The molecule has 0 amide bonds. The number of anilines is 1. The van der Waals surface area contributed by atoms with Gasteiger partial charge in [-0.1, -0.05) is 41.9 Å². The van der Waals surface area contributed by atoms with Gasteiger partial charge in [0.25, 0.3) is 0 Å². The molecule has 1 atom stereocenters. The van der Waals surface area contributed by atoms with Crippen LogP contribution in [0.3, 0.4) is 0 Å². The second-order valence-corrected chi connectivity index (χ2v) is 8.77. The first-order valence-corrected chi connectivity index (χ1v) is 11.6. The van der Waals surface area contributed by atoms with Crippen molar-refractivity contribution in [3.05, 3.63) is 88.6 Å². The summed E-state index contributed by atoms with van der Waals surface area (Å²) in [7, 11) is 3.38. The fraction of sp³-hybridized carbons (Fsp3) is 0.259. The molecule has 3 aromatic carbocycles. The fourth-order valence-corrected chi connectivity index (χ4v) is 5.01. The molecule has 2 heterocycles. The van der Waals surface area contributed by atoms with E-state index in [1.165, 1.54) is 22.1 Å². The van der Waals surface area contributed by atoms with Crippen molar-refractivity contribution in [1.29, 1.82) is 0 Å². The second-order valence-electron chi connectivity index (χ2n) is 8.36. The van der Waals surface area contributed by atoms with E-state index in [0.29, 0.717) is 6.67 Å². The topological polar surface area (TPSA) is 49.5 Å². The molecule has 4 aromatic rings. The first-order chi connectivity index (χ1) is 16.2. The van der Waals surface area contributed by atoms with Crippen LogP contribution in [-0.2, 0) is 12.8 Å². The van der Waals surface area contributed by atoms with E-state index in [0.717, 1.165) is 47.1 Å². The molecule has 6 heteroatoms. The molecule has 1 aliphatic heterocycles. The zero-order chi connectivity index (χ0) is 22.8. The molecule has 0 unspecified atom stereocenters. The van der Waals surface area contributed by atoms with Gasteiger partial charge in [0.15, 0.2) is 11.5 Å². The third-order valence-corrected chi connectivity index (χ3v) is 6.88. The number of rotatable bonds is 7. The standard InChI is InChI=1S/C27H28ClN3O2/c1-32-26-14-18-11-12-31(17-30-24-10-6-4-8-22(24)28)25(21(18)15-27(26)33-2)13-19-16-29-23-9-5-3-7-20(19)23/h3-10,14-16,25,29-30H,11-13,17H2,1-2H3/t25-/m1/s1. The van der Waals surface area contributed by atoms with Crippen molar-refractivity contribution < 1.29 is 9.47 Å². The number of nitrogens with zero attached hydrogens (tertiary/aromatic N) is 1. The monoisotopic (exact) mass is 461 g/mol. The summed E-state index contributed by atoms with van der Waals surface area (Å²) in [5.41, 5.74) is 6.01. The highest BCUT2D eigenvalue weighted by Gasteiger charge is 2.30. The van der Waals surface area contributed by atoms with E-state index >= 15 is 0 Å². The van der Waals surface area contributed by atoms with Crippen molar-refractivity contribution in [2.45, 2.75) is 18.9 Å². The van der Waals surface area contributed by atoms with Crippen molar-refractivity contribution in [1.82, 2.24) is 9.88 Å². The minimum atomic E-state index is 0.183. The molecule has 170 valence electrons. The van der Waals surface area contributed by atoms with Gasteiger partial charge in [-0.15, -0.1) is 0 Å². The number of benzene rings is 3. The summed E-state index contributed by atoms with van der Waals surface area (Å²) in [6.45, 7) is 1.64. The molecular weight excluding hydrogens is 434 g/mol. The Labute approximate surface area is 199 Å². The number of halogens is 1. The van der Waals surface area contributed by atoms with Gasteiger partial charge in [-0.3, -0.25) is 4.90 Å². The van der Waals surface area contributed by atoms with Crippen LogP contribution in [0.5, 0.6) is 11.5 Å². The predicted octanol–water partition coefficient (Wildman–Crippen LogP) is 6.05. The highest BCUT2D eigenvalue weighted by atomic mass is 35.5. The van der Waals surface area contributed by atoms with Gasteiger partial charge in [-0.05, 0) is 59.9 Å². The van der Waals surface area contributed by atoms with Crippen LogP contribution in [0.2, 0.25) is 5.02 Å². The van der Waals surface area contributed by atoms with E-state index in [1.807, 2.05) is 24.3 Å². The first kappa shape index (κ1) is 21.7.